The fraction of sp³-hybridized carbons (Fsp3) is 0.667. The Morgan fingerprint density at radius 2 is 1.57 bits per heavy atom. The fourth-order valence-corrected chi connectivity index (χ4v) is 0. The second-order valence-corrected chi connectivity index (χ2v) is 1.28. The molecule has 0 aliphatic rings. The predicted octanol–water partition coefficient (Wildman–Crippen LogP) is -0.846. The summed E-state index contributed by atoms with van der Waals surface area (Å²) in [6, 6.07) is 0. The number of nitrogens with two attached hydrogens (primary N) is 3. The van der Waals surface area contributed by atoms with Crippen molar-refractivity contribution in [2.75, 3.05) is 6.54 Å². The largest absolute Gasteiger partial charge is 0.377 e. The summed E-state index contributed by atoms with van der Waals surface area (Å²) in [6.45, 7) is 2.65. The zero-order chi connectivity index (χ0) is 6.28. The molecule has 0 rings (SSSR count). The van der Waals surface area contributed by atoms with Crippen LogP contribution in [0.3, 0.4) is 0 Å². The molecular weight excluding hydrogens is 110 g/mol. The Kier molecular flexibility index (Phi) is 12.9. The molecule has 4 heteroatoms. The molecule has 0 bridgehead atoms. The van der Waals surface area contributed by atoms with E-state index in [0.717, 1.165) is 6.54 Å². The third kappa shape index (κ3) is 614. The van der Waals surface area contributed by atoms with Gasteiger partial charge in [0.2, 0.25) is 0 Å². The first-order chi connectivity index (χ1) is 3.15. The van der Waals surface area contributed by atoms with Crippen molar-refractivity contribution in [3.63, 3.8) is 0 Å². The molecule has 0 unspecified atom stereocenters. The van der Waals surface area contributed by atoms with E-state index in [1.54, 1.807) is 0 Å². The summed E-state index contributed by atoms with van der Waals surface area (Å²) in [5.41, 5.74) is 14.1. The van der Waals surface area contributed by atoms with Gasteiger partial charge in [-0.1, -0.05) is 6.92 Å². The van der Waals surface area contributed by atoms with Gasteiger partial charge in [-0.3, -0.25) is 0 Å². The lowest BCUT2D eigenvalue weighted by atomic mass is 10.8. The summed E-state index contributed by atoms with van der Waals surface area (Å²) in [5.74, 6) is 0. The van der Waals surface area contributed by atoms with E-state index >= 15 is 0 Å². The molecule has 0 radical (unpaired) electrons. The molecule has 0 aromatic rings. The molecule has 0 aromatic heterocycles. The fourth-order valence-electron chi connectivity index (χ4n) is 0. The Balaban J connectivity index is 0. The van der Waals surface area contributed by atoms with Gasteiger partial charge in [-0.25, -0.2) is 0 Å². The van der Waals surface area contributed by atoms with Gasteiger partial charge in [-0.05, 0) is 18.8 Å². The molecule has 0 saturated heterocycles. The normalized spacial score (nSPS) is 6.00. The first kappa shape index (κ1) is 9.82. The monoisotopic (exact) mass is 121 g/mol. The molecule has 0 aromatic carbocycles. The minimum absolute atomic E-state index is 0.000000000000000222. The summed E-state index contributed by atoms with van der Waals surface area (Å²) in [4.78, 5) is 0. The zero-order valence-electron chi connectivity index (χ0n) is 4.35. The molecule has 0 aliphatic carbocycles. The molecular formula is C3H11N3S. The Labute approximate surface area is 48.9 Å². The van der Waals surface area contributed by atoms with Crippen LogP contribution in [0.4, 0.5) is 0 Å². The topological polar surface area (TPSA) is 78.1 Å². The van der Waals surface area contributed by atoms with Crippen molar-refractivity contribution in [3.8, 4) is 0 Å². The zero-order valence-corrected chi connectivity index (χ0v) is 5.16. The van der Waals surface area contributed by atoms with Crippen LogP contribution in [-0.2, 0) is 0 Å². The highest BCUT2D eigenvalue weighted by Crippen LogP contribution is 1.32. The first-order valence-corrected chi connectivity index (χ1v) is 2.31. The highest BCUT2D eigenvalue weighted by Gasteiger charge is 1.53. The Hall–Kier alpha value is -0.350. The molecule has 44 valence electrons. The van der Waals surface area contributed by atoms with Gasteiger partial charge in [0.15, 0.2) is 5.11 Å². The van der Waals surface area contributed by atoms with Crippen molar-refractivity contribution < 1.29 is 0 Å². The third-order valence-corrected chi connectivity index (χ3v) is 0. The number of hydrogen-bond acceptors (Lipinski definition) is 2. The van der Waals surface area contributed by atoms with E-state index in [4.69, 9.17) is 5.73 Å². The van der Waals surface area contributed by atoms with Gasteiger partial charge in [-0.2, -0.15) is 0 Å². The van der Waals surface area contributed by atoms with E-state index in [-0.39, 0.29) is 5.11 Å². The highest BCUT2D eigenvalue weighted by molar-refractivity contribution is 7.80. The maximum absolute atomic E-state index is 4.85. The maximum atomic E-state index is 4.85. The van der Waals surface area contributed by atoms with Crippen LogP contribution in [0.5, 0.6) is 0 Å². The Morgan fingerprint density at radius 3 is 1.57 bits per heavy atom. The van der Waals surface area contributed by atoms with Crippen molar-refractivity contribution in [2.24, 2.45) is 17.2 Å². The molecule has 7 heavy (non-hydrogen) atoms. The van der Waals surface area contributed by atoms with Crippen LogP contribution in [0.1, 0.15) is 6.92 Å². The van der Waals surface area contributed by atoms with Crippen molar-refractivity contribution in [2.45, 2.75) is 6.92 Å². The maximum Gasteiger partial charge on any atom is 0.160 e. The van der Waals surface area contributed by atoms with Crippen LogP contribution in [-0.4, -0.2) is 11.7 Å². The Bertz CT molecular complexity index is 41.4. The summed E-state index contributed by atoms with van der Waals surface area (Å²) in [6.07, 6.45) is 0. The summed E-state index contributed by atoms with van der Waals surface area (Å²) in [5, 5.41) is 0.000000000000000222. The van der Waals surface area contributed by atoms with Gasteiger partial charge in [0.05, 0.1) is 0 Å². The predicted molar refractivity (Wildman–Crippen MR) is 35.7 cm³/mol. The molecule has 3 nitrogen and oxygen atoms in total. The number of hydrogen-bond donors (Lipinski definition) is 3. The molecule has 0 heterocycles. The van der Waals surface area contributed by atoms with Gasteiger partial charge >= 0.3 is 0 Å². The van der Waals surface area contributed by atoms with Crippen LogP contribution in [0.25, 0.3) is 0 Å². The van der Waals surface area contributed by atoms with E-state index < -0.39 is 0 Å². The van der Waals surface area contributed by atoms with E-state index in [0.29, 0.717) is 0 Å². The quantitative estimate of drug-likeness (QED) is 0.365. The minimum atomic E-state index is 0.000000000000000222. The lowest BCUT2D eigenvalue weighted by molar-refractivity contribution is 1.14. The van der Waals surface area contributed by atoms with Crippen LogP contribution in [0.15, 0.2) is 0 Å². The second kappa shape index (κ2) is 9.17. The van der Waals surface area contributed by atoms with Gasteiger partial charge in [0, 0.05) is 0 Å². The van der Waals surface area contributed by atoms with Crippen molar-refractivity contribution >= 4 is 17.3 Å². The minimum Gasteiger partial charge on any atom is -0.377 e. The van der Waals surface area contributed by atoms with E-state index in [9.17, 15) is 0 Å². The number of rotatable bonds is 0. The molecule has 0 aliphatic heterocycles. The van der Waals surface area contributed by atoms with Crippen molar-refractivity contribution in [1.29, 1.82) is 0 Å². The summed E-state index contributed by atoms with van der Waals surface area (Å²) < 4.78 is 0. The molecule has 0 fully saturated rings. The average molecular weight is 121 g/mol. The molecule has 0 atom stereocenters. The van der Waals surface area contributed by atoms with E-state index in [2.05, 4.69) is 23.7 Å². The van der Waals surface area contributed by atoms with Crippen molar-refractivity contribution in [1.82, 2.24) is 0 Å². The van der Waals surface area contributed by atoms with Gasteiger partial charge in [-0.15, -0.1) is 0 Å². The molecule has 0 spiro atoms. The van der Waals surface area contributed by atoms with E-state index in [1.807, 2.05) is 6.92 Å². The first-order valence-electron chi connectivity index (χ1n) is 1.90. The van der Waals surface area contributed by atoms with Crippen molar-refractivity contribution in [3.05, 3.63) is 0 Å². The van der Waals surface area contributed by atoms with E-state index in [1.165, 1.54) is 0 Å². The molecule has 0 amide bonds. The molecule has 6 N–H and O–H groups in total. The van der Waals surface area contributed by atoms with Crippen LogP contribution >= 0.6 is 12.2 Å². The second-order valence-electron chi connectivity index (χ2n) is 0.811. The number of thiocarbonyl (C=S) groups is 1. The average Bonchev–Trinajstić information content (AvgIpc) is 1.33. The van der Waals surface area contributed by atoms with Gasteiger partial charge in [0.25, 0.3) is 0 Å². The summed E-state index contributed by atoms with van der Waals surface area (Å²) >= 11 is 4.09. The lowest BCUT2D eigenvalue weighted by Gasteiger charge is -1.68. The van der Waals surface area contributed by atoms with Gasteiger partial charge in [0.1, 0.15) is 0 Å². The third-order valence-electron chi connectivity index (χ3n) is 0. The van der Waals surface area contributed by atoms with Gasteiger partial charge < -0.3 is 17.2 Å². The van der Waals surface area contributed by atoms with Crippen LogP contribution in [0, 0.1) is 0 Å². The SMILES string of the molecule is CCN.NC(N)=S. The lowest BCUT2D eigenvalue weighted by Crippen LogP contribution is -2.18. The van der Waals surface area contributed by atoms with Crippen LogP contribution in [0.2, 0.25) is 0 Å². The Morgan fingerprint density at radius 1 is 1.57 bits per heavy atom. The summed E-state index contributed by atoms with van der Waals surface area (Å²) in [7, 11) is 0. The smallest absolute Gasteiger partial charge is 0.160 e. The molecule has 0 saturated carbocycles. The highest BCUT2D eigenvalue weighted by atomic mass is 32.1. The standard InChI is InChI=1S/C2H7N.CH4N2S/c1-2-3;2-1(3)4/h2-3H2,1H3;(H4,2,3,4). The van der Waals surface area contributed by atoms with Crippen LogP contribution < -0.4 is 17.2 Å².